The Kier molecular flexibility index (Phi) is 6.56. The van der Waals surface area contributed by atoms with Gasteiger partial charge >= 0.3 is 22.4 Å². The fourth-order valence-electron chi connectivity index (χ4n) is 3.48. The fraction of sp³-hybridized carbons (Fsp3) is 0.562. The minimum atomic E-state index is -4.88. The molecule has 0 unspecified atom stereocenters. The quantitative estimate of drug-likeness (QED) is 0.335. The Bertz CT molecular complexity index is 991. The lowest BCUT2D eigenvalue weighted by Gasteiger charge is -2.29. The summed E-state index contributed by atoms with van der Waals surface area (Å²) >= 11 is 0. The monoisotopic (exact) mass is 459 g/mol. The number of carbonyl (C=O) groups is 4. The first-order valence-electron chi connectivity index (χ1n) is 9.35. The van der Waals surface area contributed by atoms with E-state index < -0.39 is 46.2 Å². The van der Waals surface area contributed by atoms with Crippen molar-refractivity contribution in [1.29, 1.82) is 0 Å². The van der Waals surface area contributed by atoms with Crippen LogP contribution in [-0.2, 0) is 35.6 Å². The second-order valence-corrected chi connectivity index (χ2v) is 7.87. The Balaban J connectivity index is 1.55. The second-order valence-electron chi connectivity index (χ2n) is 6.87. The molecule has 2 aliphatic rings. The van der Waals surface area contributed by atoms with Gasteiger partial charge in [0, 0.05) is 18.9 Å². The van der Waals surface area contributed by atoms with Crippen LogP contribution < -0.4 is 5.32 Å². The number of ether oxygens (including phenoxy) is 1. The summed E-state index contributed by atoms with van der Waals surface area (Å²) < 4.78 is 41.1. The third kappa shape index (κ3) is 5.18. The number of imidazole rings is 1. The average Bonchev–Trinajstić information content (AvgIpc) is 3.24. The average molecular weight is 459 g/mol. The van der Waals surface area contributed by atoms with E-state index in [1.165, 1.54) is 17.0 Å². The predicted molar refractivity (Wildman–Crippen MR) is 99.6 cm³/mol. The number of amides is 3. The topological polar surface area (TPSA) is 177 Å². The number of aromatic nitrogens is 2. The van der Waals surface area contributed by atoms with Gasteiger partial charge in [0.15, 0.2) is 5.78 Å². The number of ketones is 1. The number of hydroxylamine groups is 2. The molecule has 3 heterocycles. The first kappa shape index (κ1) is 22.6. The molecule has 2 atom stereocenters. The number of piperidine rings is 1. The van der Waals surface area contributed by atoms with Gasteiger partial charge in [0.05, 0.1) is 25.7 Å². The summed E-state index contributed by atoms with van der Waals surface area (Å²) in [6.07, 6.45) is 3.26. The van der Waals surface area contributed by atoms with Crippen LogP contribution >= 0.6 is 0 Å². The molecular formula is C16H21N5O9S. The normalized spacial score (nSPS) is 20.6. The van der Waals surface area contributed by atoms with Crippen molar-refractivity contribution in [3.63, 3.8) is 0 Å². The molecule has 0 aliphatic carbocycles. The largest absolute Gasteiger partial charge is 0.460 e. The van der Waals surface area contributed by atoms with Crippen molar-refractivity contribution < 1.29 is 41.2 Å². The van der Waals surface area contributed by atoms with Gasteiger partial charge in [-0.1, -0.05) is 0 Å². The van der Waals surface area contributed by atoms with E-state index in [-0.39, 0.29) is 44.9 Å². The third-order valence-corrected chi connectivity index (χ3v) is 5.13. The summed E-state index contributed by atoms with van der Waals surface area (Å²) in [6.45, 7) is 1.25. The first-order chi connectivity index (χ1) is 14.6. The molecule has 14 nitrogen and oxygen atoms in total. The van der Waals surface area contributed by atoms with Gasteiger partial charge in [0.1, 0.15) is 6.04 Å². The minimum Gasteiger partial charge on any atom is -0.460 e. The molecule has 3 rings (SSSR count). The molecule has 0 saturated carbocycles. The summed E-state index contributed by atoms with van der Waals surface area (Å²) in [5.74, 6) is -1.73. The number of esters is 1. The van der Waals surface area contributed by atoms with E-state index in [2.05, 4.69) is 14.6 Å². The predicted octanol–water partition coefficient (Wildman–Crippen LogP) is -1.25. The third-order valence-electron chi connectivity index (χ3n) is 4.78. The maximum atomic E-state index is 12.5. The zero-order chi connectivity index (χ0) is 22.8. The molecule has 1 aromatic rings. The molecule has 2 saturated heterocycles. The van der Waals surface area contributed by atoms with E-state index in [4.69, 9.17) is 9.29 Å². The van der Waals surface area contributed by atoms with Crippen LogP contribution in [0.3, 0.4) is 0 Å². The maximum absolute atomic E-state index is 12.5. The van der Waals surface area contributed by atoms with E-state index in [1.807, 2.05) is 0 Å². The van der Waals surface area contributed by atoms with Crippen LogP contribution in [0.25, 0.3) is 0 Å². The molecule has 2 N–H and O–H groups in total. The van der Waals surface area contributed by atoms with Crippen LogP contribution in [0.15, 0.2) is 12.4 Å². The molecule has 0 spiro atoms. The number of hydrogen-bond acceptors (Lipinski definition) is 9. The highest BCUT2D eigenvalue weighted by Gasteiger charge is 2.49. The minimum absolute atomic E-state index is 0.0400. The molecule has 2 aliphatic heterocycles. The highest BCUT2D eigenvalue weighted by Crippen LogP contribution is 2.30. The molecule has 15 heteroatoms. The van der Waals surface area contributed by atoms with Gasteiger partial charge in [-0.2, -0.15) is 13.5 Å². The second kappa shape index (κ2) is 8.99. The summed E-state index contributed by atoms with van der Waals surface area (Å²) in [5.41, 5.74) is 0. The molecule has 2 bridgehead atoms. The number of nitrogens with one attached hydrogen (secondary N) is 1. The van der Waals surface area contributed by atoms with Crippen LogP contribution in [-0.4, -0.2) is 88.0 Å². The van der Waals surface area contributed by atoms with Crippen LogP contribution in [0.5, 0.6) is 0 Å². The van der Waals surface area contributed by atoms with Crippen molar-refractivity contribution in [2.75, 3.05) is 19.7 Å². The Morgan fingerprint density at radius 1 is 1.32 bits per heavy atom. The molecule has 31 heavy (non-hydrogen) atoms. The summed E-state index contributed by atoms with van der Waals surface area (Å²) in [7, 11) is -4.88. The zero-order valence-electron chi connectivity index (χ0n) is 16.5. The number of hydrogen-bond donors (Lipinski definition) is 2. The Labute approximate surface area is 177 Å². The van der Waals surface area contributed by atoms with Crippen molar-refractivity contribution in [3.05, 3.63) is 18.2 Å². The summed E-state index contributed by atoms with van der Waals surface area (Å²) in [4.78, 5) is 53.9. The van der Waals surface area contributed by atoms with Crippen LogP contribution in [0.4, 0.5) is 4.79 Å². The maximum Gasteiger partial charge on any atom is 0.418 e. The number of urea groups is 1. The summed E-state index contributed by atoms with van der Waals surface area (Å²) in [6, 6.07) is -2.42. The molecule has 0 radical (unpaired) electrons. The van der Waals surface area contributed by atoms with Gasteiger partial charge in [-0.15, -0.1) is 4.28 Å². The van der Waals surface area contributed by atoms with E-state index in [0.29, 0.717) is 5.06 Å². The van der Waals surface area contributed by atoms with Gasteiger partial charge in [0.25, 0.3) is 0 Å². The SMILES string of the molecule is CCOC(=O)c1nccn1CC(=O)CNC(=O)[C@@H]1CC[C@@H]2CN1C(=O)N2OS(=O)(=O)O. The number of Topliss-reactive ketones (excluding diaryl/α,β-unsaturated/α-hetero) is 1. The van der Waals surface area contributed by atoms with Gasteiger partial charge in [-0.05, 0) is 19.8 Å². The van der Waals surface area contributed by atoms with Crippen molar-refractivity contribution in [3.8, 4) is 0 Å². The molecule has 0 aromatic carbocycles. The molecule has 3 amide bonds. The smallest absolute Gasteiger partial charge is 0.418 e. The van der Waals surface area contributed by atoms with Crippen molar-refractivity contribution in [1.82, 2.24) is 24.8 Å². The van der Waals surface area contributed by atoms with Crippen LogP contribution in [0, 0.1) is 0 Å². The van der Waals surface area contributed by atoms with E-state index in [9.17, 15) is 27.6 Å². The lowest BCUT2D eigenvalue weighted by molar-refractivity contribution is -0.128. The van der Waals surface area contributed by atoms with Gasteiger partial charge in [-0.3, -0.25) is 14.1 Å². The van der Waals surface area contributed by atoms with Gasteiger partial charge in [0.2, 0.25) is 11.7 Å². The van der Waals surface area contributed by atoms with E-state index >= 15 is 0 Å². The number of nitrogens with zero attached hydrogens (tertiary/aromatic N) is 4. The van der Waals surface area contributed by atoms with E-state index in [0.717, 1.165) is 4.90 Å². The molecule has 1 aromatic heterocycles. The summed E-state index contributed by atoms with van der Waals surface area (Å²) in [5, 5.41) is 2.98. The highest BCUT2D eigenvalue weighted by atomic mass is 32.3. The first-order valence-corrected chi connectivity index (χ1v) is 10.7. The lowest BCUT2D eigenvalue weighted by atomic mass is 10.0. The van der Waals surface area contributed by atoms with Gasteiger partial charge < -0.3 is 19.5 Å². The fourth-order valence-corrected chi connectivity index (χ4v) is 3.86. The van der Waals surface area contributed by atoms with Crippen molar-refractivity contribution >= 4 is 34.1 Å². The van der Waals surface area contributed by atoms with Crippen LogP contribution in [0.2, 0.25) is 0 Å². The van der Waals surface area contributed by atoms with E-state index in [1.54, 1.807) is 6.92 Å². The lowest BCUT2D eigenvalue weighted by Crippen LogP contribution is -2.50. The zero-order valence-corrected chi connectivity index (χ0v) is 17.3. The standard InChI is InChI=1S/C16H21N5O9S/c1-2-29-15(24)13-17-5-6-19(13)9-11(22)7-18-14(23)12-4-3-10-8-20(12)16(25)21(10)30-31(26,27)28/h5-6,10,12H,2-4,7-9H2,1H3,(H,18,23)(H,26,27,28)/t10-,12+/m1/s1. The molecular weight excluding hydrogens is 438 g/mol. The van der Waals surface area contributed by atoms with Crippen LogP contribution in [0.1, 0.15) is 30.4 Å². The Morgan fingerprint density at radius 2 is 2.06 bits per heavy atom. The molecule has 2 fully saturated rings. The highest BCUT2D eigenvalue weighted by molar-refractivity contribution is 7.80. The number of carbonyl (C=O) groups excluding carboxylic acids is 4. The van der Waals surface area contributed by atoms with Crippen molar-refractivity contribution in [2.24, 2.45) is 0 Å². The number of rotatable bonds is 9. The molecule has 170 valence electrons. The Morgan fingerprint density at radius 3 is 2.74 bits per heavy atom. The Hall–Kier alpha value is -3.04. The van der Waals surface area contributed by atoms with Gasteiger partial charge in [-0.25, -0.2) is 14.6 Å². The number of fused-ring (bicyclic) bond motifs is 2. The van der Waals surface area contributed by atoms with Crippen molar-refractivity contribution in [2.45, 2.75) is 38.4 Å².